The zero-order valence-corrected chi connectivity index (χ0v) is 9.50. The first-order valence-electron chi connectivity index (χ1n) is 4.07. The van der Waals surface area contributed by atoms with Crippen LogP contribution in [0.3, 0.4) is 0 Å². The summed E-state index contributed by atoms with van der Waals surface area (Å²) in [7, 11) is 0. The summed E-state index contributed by atoms with van der Waals surface area (Å²) in [5.74, 6) is 0. The Kier molecular flexibility index (Phi) is 3.88. The minimum atomic E-state index is 0. The summed E-state index contributed by atoms with van der Waals surface area (Å²) < 4.78 is 0. The second-order valence-electron chi connectivity index (χ2n) is 2.73. The first-order chi connectivity index (χ1) is 5.97. The Labute approximate surface area is 92.0 Å². The summed E-state index contributed by atoms with van der Waals surface area (Å²) in [6.07, 6.45) is 0. The van der Waals surface area contributed by atoms with Crippen molar-refractivity contribution in [3.8, 4) is 11.1 Å². The average Bonchev–Trinajstić information content (AvgIpc) is 2.21. The van der Waals surface area contributed by atoms with Crippen LogP contribution in [0.4, 0.5) is 0 Å². The summed E-state index contributed by atoms with van der Waals surface area (Å²) in [6, 6.07) is 20.8. The van der Waals surface area contributed by atoms with Crippen LogP contribution in [0.25, 0.3) is 11.1 Å². The van der Waals surface area contributed by atoms with Gasteiger partial charge in [0.05, 0.1) is 0 Å². The van der Waals surface area contributed by atoms with Crippen LogP contribution >= 0.6 is 0 Å². The third-order valence-corrected chi connectivity index (χ3v) is 1.88. The molecule has 0 heterocycles. The third kappa shape index (κ3) is 2.51. The van der Waals surface area contributed by atoms with Gasteiger partial charge < -0.3 is 0 Å². The van der Waals surface area contributed by atoms with Crippen molar-refractivity contribution in [3.05, 3.63) is 60.7 Å². The Bertz CT molecular complexity index is 303. The van der Waals surface area contributed by atoms with Gasteiger partial charge in [0.25, 0.3) is 0 Å². The molecule has 0 aliphatic rings. The molecule has 0 saturated carbocycles. The van der Waals surface area contributed by atoms with Gasteiger partial charge in [-0.3, -0.25) is 0 Å². The number of hydrogen-bond acceptors (Lipinski definition) is 0. The molecule has 2 aromatic carbocycles. The Morgan fingerprint density at radius 3 is 1.08 bits per heavy atom. The predicted molar refractivity (Wildman–Crippen MR) is 51.9 cm³/mol. The van der Waals surface area contributed by atoms with Crippen molar-refractivity contribution in [1.82, 2.24) is 0 Å². The summed E-state index contributed by atoms with van der Waals surface area (Å²) in [5, 5.41) is 0. The Balaban J connectivity index is 0.000000845. The van der Waals surface area contributed by atoms with Crippen molar-refractivity contribution >= 4 is 0 Å². The van der Waals surface area contributed by atoms with Gasteiger partial charge in [-0.15, -0.1) is 0 Å². The number of benzene rings is 2. The third-order valence-electron chi connectivity index (χ3n) is 1.88. The van der Waals surface area contributed by atoms with Crippen LogP contribution in [0.1, 0.15) is 0 Å². The van der Waals surface area contributed by atoms with Crippen LogP contribution in [0, 0.1) is 0 Å². The molecule has 0 atom stereocenters. The van der Waals surface area contributed by atoms with Gasteiger partial charge in [-0.05, 0) is 11.1 Å². The minimum Gasteiger partial charge on any atom is -0.0622 e. The van der Waals surface area contributed by atoms with Crippen LogP contribution in [-0.4, -0.2) is 0 Å². The first kappa shape index (κ1) is 10.2. The maximum atomic E-state index is 2.12. The molecule has 13 heavy (non-hydrogen) atoms. The number of rotatable bonds is 1. The quantitative estimate of drug-likeness (QED) is 0.743. The molecule has 0 unspecified atom stereocenters. The molecule has 0 nitrogen and oxygen atoms in total. The fourth-order valence-electron chi connectivity index (χ4n) is 1.26. The molecule has 64 valence electrons. The van der Waals surface area contributed by atoms with Crippen LogP contribution in [-0.2, 0) is 20.1 Å². The smallest absolute Gasteiger partial charge is 0.0622 e. The zero-order chi connectivity index (χ0) is 8.23. The van der Waals surface area contributed by atoms with E-state index in [2.05, 4.69) is 48.5 Å². The van der Waals surface area contributed by atoms with E-state index in [4.69, 9.17) is 0 Å². The van der Waals surface area contributed by atoms with Crippen molar-refractivity contribution in [1.29, 1.82) is 0 Å². The summed E-state index contributed by atoms with van der Waals surface area (Å²) in [6.45, 7) is 0. The Morgan fingerprint density at radius 2 is 0.769 bits per heavy atom. The van der Waals surface area contributed by atoms with Gasteiger partial charge in [0.2, 0.25) is 0 Å². The minimum absolute atomic E-state index is 0. The summed E-state index contributed by atoms with van der Waals surface area (Å²) in [5.41, 5.74) is 2.55. The van der Waals surface area contributed by atoms with E-state index < -0.39 is 0 Å². The van der Waals surface area contributed by atoms with Gasteiger partial charge in [0.1, 0.15) is 0 Å². The molecule has 0 aliphatic heterocycles. The van der Waals surface area contributed by atoms with E-state index in [0.29, 0.717) is 0 Å². The molecular formula is C12H10Ir+3. The van der Waals surface area contributed by atoms with Crippen molar-refractivity contribution in [2.75, 3.05) is 0 Å². The van der Waals surface area contributed by atoms with E-state index in [1.165, 1.54) is 11.1 Å². The second kappa shape index (κ2) is 4.96. The van der Waals surface area contributed by atoms with Crippen LogP contribution in [0.5, 0.6) is 0 Å². The predicted octanol–water partition coefficient (Wildman–Crippen LogP) is 3.35. The fourth-order valence-corrected chi connectivity index (χ4v) is 1.26. The molecule has 2 aromatic rings. The molecule has 0 radical (unpaired) electrons. The van der Waals surface area contributed by atoms with Crippen LogP contribution in [0.15, 0.2) is 60.7 Å². The maximum absolute atomic E-state index is 2.12. The molecule has 1 heteroatoms. The summed E-state index contributed by atoms with van der Waals surface area (Å²) >= 11 is 0. The van der Waals surface area contributed by atoms with Crippen molar-refractivity contribution in [3.63, 3.8) is 0 Å². The largest absolute Gasteiger partial charge is 3.00 e. The molecule has 0 spiro atoms. The topological polar surface area (TPSA) is 0 Å². The van der Waals surface area contributed by atoms with Crippen molar-refractivity contribution < 1.29 is 20.1 Å². The normalized spacial score (nSPS) is 8.92. The second-order valence-corrected chi connectivity index (χ2v) is 2.73. The van der Waals surface area contributed by atoms with Gasteiger partial charge in [-0.25, -0.2) is 0 Å². The van der Waals surface area contributed by atoms with Crippen LogP contribution < -0.4 is 0 Å². The van der Waals surface area contributed by atoms with Gasteiger partial charge in [0, 0.05) is 0 Å². The molecule has 0 aliphatic carbocycles. The molecule has 2 rings (SSSR count). The standard InChI is InChI=1S/C12H10.Ir/c1-3-7-11(8-4-1)12-9-5-2-6-10-12;/h1-10H;/q;+3. The van der Waals surface area contributed by atoms with Gasteiger partial charge >= 0.3 is 20.1 Å². The maximum Gasteiger partial charge on any atom is 3.00 e. The molecule has 0 bridgehead atoms. The van der Waals surface area contributed by atoms with E-state index in [-0.39, 0.29) is 20.1 Å². The van der Waals surface area contributed by atoms with Gasteiger partial charge in [-0.1, -0.05) is 60.7 Å². The molecule has 0 fully saturated rings. The monoisotopic (exact) mass is 347 g/mol. The molecule has 0 aromatic heterocycles. The van der Waals surface area contributed by atoms with Crippen molar-refractivity contribution in [2.24, 2.45) is 0 Å². The van der Waals surface area contributed by atoms with Crippen LogP contribution in [0.2, 0.25) is 0 Å². The van der Waals surface area contributed by atoms with Crippen molar-refractivity contribution in [2.45, 2.75) is 0 Å². The molecule has 0 amide bonds. The molecule has 0 N–H and O–H groups in total. The summed E-state index contributed by atoms with van der Waals surface area (Å²) in [4.78, 5) is 0. The average molecular weight is 346 g/mol. The van der Waals surface area contributed by atoms with E-state index in [9.17, 15) is 0 Å². The van der Waals surface area contributed by atoms with E-state index >= 15 is 0 Å². The fraction of sp³-hybridized carbons (Fsp3) is 0. The molecule has 0 saturated heterocycles. The SMILES string of the molecule is [Ir+3].c1ccc(-c2ccccc2)cc1. The first-order valence-corrected chi connectivity index (χ1v) is 4.07. The molecular weight excluding hydrogens is 336 g/mol. The Hall–Kier alpha value is -0.911. The number of hydrogen-bond donors (Lipinski definition) is 0. The van der Waals surface area contributed by atoms with E-state index in [0.717, 1.165) is 0 Å². The van der Waals surface area contributed by atoms with Gasteiger partial charge in [0.15, 0.2) is 0 Å². The zero-order valence-electron chi connectivity index (χ0n) is 7.11. The Morgan fingerprint density at radius 1 is 0.462 bits per heavy atom. The van der Waals surface area contributed by atoms with Gasteiger partial charge in [-0.2, -0.15) is 0 Å². The van der Waals surface area contributed by atoms with E-state index in [1.54, 1.807) is 0 Å². The van der Waals surface area contributed by atoms with E-state index in [1.807, 2.05) is 12.1 Å².